The molecule has 3 aromatic rings. The summed E-state index contributed by atoms with van der Waals surface area (Å²) >= 11 is 0. The van der Waals surface area contributed by atoms with Gasteiger partial charge in [0.05, 0.1) is 6.54 Å². The van der Waals surface area contributed by atoms with Crippen LogP contribution < -0.4 is 16.0 Å². The number of nitrogens with two attached hydrogens (primary N) is 1. The number of amides is 3. The highest BCUT2D eigenvalue weighted by Crippen LogP contribution is 2.17. The summed E-state index contributed by atoms with van der Waals surface area (Å²) in [7, 11) is 1.49. The Labute approximate surface area is 152 Å². The lowest BCUT2D eigenvalue weighted by molar-refractivity contribution is -0.682. The van der Waals surface area contributed by atoms with Gasteiger partial charge >= 0.3 is 6.03 Å². The molecule has 1 atom stereocenters. The minimum Gasteiger partial charge on any atom is -0.361 e. The monoisotopic (exact) mass is 351 g/mol. The second kappa shape index (κ2) is 8.31. The van der Waals surface area contributed by atoms with Crippen molar-refractivity contribution in [1.29, 1.82) is 0 Å². The normalized spacial score (nSPS) is 11.9. The maximum atomic E-state index is 12.5. The molecule has 2 aromatic carbocycles. The van der Waals surface area contributed by atoms with E-state index >= 15 is 0 Å². The summed E-state index contributed by atoms with van der Waals surface area (Å²) in [5.74, 6) is -0.325. The van der Waals surface area contributed by atoms with Crippen LogP contribution in [-0.2, 0) is 11.2 Å². The predicted molar refractivity (Wildman–Crippen MR) is 101 cm³/mol. The molecule has 0 spiro atoms. The van der Waals surface area contributed by atoms with Crippen LogP contribution in [0.25, 0.3) is 10.9 Å². The fourth-order valence-electron chi connectivity index (χ4n) is 3.05. The number of para-hydroxylation sites is 1. The number of nitrogens with one attached hydrogen (secondary N) is 3. The van der Waals surface area contributed by atoms with Crippen LogP contribution in [0.4, 0.5) is 4.79 Å². The van der Waals surface area contributed by atoms with Crippen LogP contribution in [0.3, 0.4) is 0 Å². The molecule has 5 N–H and O–H groups in total. The van der Waals surface area contributed by atoms with Crippen LogP contribution in [0.5, 0.6) is 0 Å². The van der Waals surface area contributed by atoms with Crippen LogP contribution in [0, 0.1) is 0 Å². The molecule has 0 unspecified atom stereocenters. The molecule has 6 heteroatoms. The van der Waals surface area contributed by atoms with E-state index in [4.69, 9.17) is 0 Å². The lowest BCUT2D eigenvalue weighted by Crippen LogP contribution is -2.88. The number of hydrogen-bond donors (Lipinski definition) is 4. The summed E-state index contributed by atoms with van der Waals surface area (Å²) in [6, 6.07) is 16.7. The molecule has 0 saturated heterocycles. The number of urea groups is 1. The zero-order valence-corrected chi connectivity index (χ0v) is 14.7. The van der Waals surface area contributed by atoms with Crippen molar-refractivity contribution in [2.75, 3.05) is 13.6 Å². The minimum atomic E-state index is -0.499. The molecule has 3 amide bonds. The predicted octanol–water partition coefficient (Wildman–Crippen LogP) is 1.47. The molecule has 0 aliphatic heterocycles. The maximum Gasteiger partial charge on any atom is 0.321 e. The standard InChI is InChI=1S/C20H22N4O2/c1-21-20(26)24-19(25)18(14-7-3-2-4-8-14)22-12-11-15-13-23-17-10-6-5-9-16(15)17/h2-10,13,18,22-23H,11-12H2,1H3,(H2,21,24,25,26)/p+1/t18-/m1/s1. The third kappa shape index (κ3) is 4.10. The van der Waals surface area contributed by atoms with Gasteiger partial charge in [-0.3, -0.25) is 10.1 Å². The van der Waals surface area contributed by atoms with Gasteiger partial charge in [0.15, 0.2) is 6.04 Å². The Morgan fingerprint density at radius 2 is 1.81 bits per heavy atom. The summed E-state index contributed by atoms with van der Waals surface area (Å²) in [5, 5.41) is 7.96. The number of aromatic amines is 1. The Bertz CT molecular complexity index is 889. The number of H-pyrrole nitrogens is 1. The minimum absolute atomic E-state index is 0.325. The Hall–Kier alpha value is -3.12. The Morgan fingerprint density at radius 3 is 2.58 bits per heavy atom. The third-order valence-corrected chi connectivity index (χ3v) is 4.40. The number of hydrogen-bond acceptors (Lipinski definition) is 2. The quantitative estimate of drug-likeness (QED) is 0.542. The zero-order chi connectivity index (χ0) is 18.4. The summed E-state index contributed by atoms with van der Waals surface area (Å²) in [4.78, 5) is 27.3. The van der Waals surface area contributed by atoms with E-state index in [0.717, 1.165) is 24.0 Å². The first kappa shape index (κ1) is 17.7. The lowest BCUT2D eigenvalue weighted by atomic mass is 10.1. The molecule has 1 aromatic heterocycles. The number of carbonyl (C=O) groups is 2. The van der Waals surface area contributed by atoms with E-state index in [2.05, 4.69) is 21.7 Å². The molecular formula is C20H23N4O2+. The lowest BCUT2D eigenvalue weighted by Gasteiger charge is -2.15. The second-order valence-corrected chi connectivity index (χ2v) is 6.09. The van der Waals surface area contributed by atoms with Crippen LogP contribution in [0.15, 0.2) is 60.8 Å². The third-order valence-electron chi connectivity index (χ3n) is 4.40. The number of rotatable bonds is 6. The van der Waals surface area contributed by atoms with Gasteiger partial charge in [-0.25, -0.2) is 4.79 Å². The summed E-state index contributed by atoms with van der Waals surface area (Å²) < 4.78 is 0. The first-order chi connectivity index (χ1) is 12.7. The van der Waals surface area contributed by atoms with Gasteiger partial charge in [0, 0.05) is 36.1 Å². The van der Waals surface area contributed by atoms with Crippen molar-refractivity contribution < 1.29 is 14.9 Å². The van der Waals surface area contributed by atoms with Crippen LogP contribution in [0.1, 0.15) is 17.2 Å². The smallest absolute Gasteiger partial charge is 0.321 e. The molecule has 0 aliphatic carbocycles. The summed E-state index contributed by atoms with van der Waals surface area (Å²) in [5.41, 5.74) is 3.20. The molecule has 26 heavy (non-hydrogen) atoms. The largest absolute Gasteiger partial charge is 0.361 e. The highest BCUT2D eigenvalue weighted by Gasteiger charge is 2.25. The molecule has 3 rings (SSSR count). The zero-order valence-electron chi connectivity index (χ0n) is 14.7. The van der Waals surface area contributed by atoms with Crippen molar-refractivity contribution in [3.8, 4) is 0 Å². The van der Waals surface area contributed by atoms with E-state index in [-0.39, 0.29) is 5.91 Å². The van der Waals surface area contributed by atoms with E-state index in [1.54, 1.807) is 0 Å². The van der Waals surface area contributed by atoms with Gasteiger partial charge < -0.3 is 15.6 Å². The fourth-order valence-corrected chi connectivity index (χ4v) is 3.05. The van der Waals surface area contributed by atoms with Gasteiger partial charge in [-0.15, -0.1) is 0 Å². The van der Waals surface area contributed by atoms with Gasteiger partial charge in [0.2, 0.25) is 0 Å². The number of quaternary nitrogens is 1. The van der Waals surface area contributed by atoms with Gasteiger partial charge in [0.1, 0.15) is 0 Å². The molecule has 1 heterocycles. The summed E-state index contributed by atoms with van der Waals surface area (Å²) in [6.07, 6.45) is 2.83. The number of aromatic nitrogens is 1. The van der Waals surface area contributed by atoms with Gasteiger partial charge in [-0.05, 0) is 11.6 Å². The first-order valence-electron chi connectivity index (χ1n) is 8.65. The molecule has 0 saturated carbocycles. The number of benzene rings is 2. The average molecular weight is 351 g/mol. The van der Waals surface area contributed by atoms with E-state index < -0.39 is 12.1 Å². The number of carbonyl (C=O) groups excluding carboxylic acids is 2. The van der Waals surface area contributed by atoms with Crippen LogP contribution >= 0.6 is 0 Å². The molecule has 6 nitrogen and oxygen atoms in total. The van der Waals surface area contributed by atoms with E-state index in [9.17, 15) is 9.59 Å². The highest BCUT2D eigenvalue weighted by atomic mass is 16.2. The van der Waals surface area contributed by atoms with Gasteiger partial charge in [0.25, 0.3) is 5.91 Å². The fraction of sp³-hybridized carbons (Fsp3) is 0.200. The van der Waals surface area contributed by atoms with Crippen molar-refractivity contribution in [3.05, 3.63) is 71.9 Å². The SMILES string of the molecule is CNC(=O)NC(=O)[C@H]([NH2+]CCc1c[nH]c2ccccc12)c1ccccc1. The molecule has 0 radical (unpaired) electrons. The van der Waals surface area contributed by atoms with E-state index in [1.807, 2.05) is 60.0 Å². The average Bonchev–Trinajstić information content (AvgIpc) is 3.09. The topological polar surface area (TPSA) is 90.6 Å². The first-order valence-corrected chi connectivity index (χ1v) is 8.65. The molecule has 0 bridgehead atoms. The Morgan fingerprint density at radius 1 is 1.08 bits per heavy atom. The Balaban J connectivity index is 1.69. The maximum absolute atomic E-state index is 12.5. The number of imide groups is 1. The van der Waals surface area contributed by atoms with E-state index in [1.165, 1.54) is 18.0 Å². The van der Waals surface area contributed by atoms with Crippen molar-refractivity contribution in [1.82, 2.24) is 15.6 Å². The van der Waals surface area contributed by atoms with Crippen molar-refractivity contribution in [2.24, 2.45) is 0 Å². The molecule has 0 aliphatic rings. The van der Waals surface area contributed by atoms with Crippen molar-refractivity contribution >= 4 is 22.8 Å². The van der Waals surface area contributed by atoms with Crippen molar-refractivity contribution in [3.63, 3.8) is 0 Å². The van der Waals surface area contributed by atoms with E-state index in [0.29, 0.717) is 0 Å². The molecular weight excluding hydrogens is 328 g/mol. The number of fused-ring (bicyclic) bond motifs is 1. The molecule has 0 fully saturated rings. The van der Waals surface area contributed by atoms with Gasteiger partial charge in [-0.2, -0.15) is 0 Å². The summed E-state index contributed by atoms with van der Waals surface area (Å²) in [6.45, 7) is 0.725. The highest BCUT2D eigenvalue weighted by molar-refractivity contribution is 5.96. The van der Waals surface area contributed by atoms with Crippen LogP contribution in [-0.4, -0.2) is 30.5 Å². The van der Waals surface area contributed by atoms with Crippen molar-refractivity contribution in [2.45, 2.75) is 12.5 Å². The second-order valence-electron chi connectivity index (χ2n) is 6.09. The Kier molecular flexibility index (Phi) is 5.66. The molecule has 134 valence electrons. The van der Waals surface area contributed by atoms with Gasteiger partial charge in [-0.1, -0.05) is 48.5 Å². The van der Waals surface area contributed by atoms with Crippen LogP contribution in [0.2, 0.25) is 0 Å².